The normalized spacial score (nSPS) is 12.1. The molecule has 5 rings (SSSR count). The molecule has 11 nitrogen and oxygen atoms in total. The van der Waals surface area contributed by atoms with Crippen LogP contribution in [0.4, 0.5) is 5.69 Å². The van der Waals surface area contributed by atoms with E-state index in [1.165, 1.54) is 29.3 Å². The molecule has 0 saturated carbocycles. The minimum atomic E-state index is -0.530. The average Bonchev–Trinajstić information content (AvgIpc) is 3.45. The van der Waals surface area contributed by atoms with E-state index in [0.717, 1.165) is 15.5 Å². The summed E-state index contributed by atoms with van der Waals surface area (Å²) < 4.78 is 8.18. The van der Waals surface area contributed by atoms with Crippen LogP contribution in [-0.4, -0.2) is 30.2 Å². The smallest absolute Gasteiger partial charge is 0.294 e. The third-order valence-corrected chi connectivity index (χ3v) is 5.42. The van der Waals surface area contributed by atoms with Crippen LogP contribution < -0.4 is 10.9 Å². The average molecular weight is 458 g/mol. The van der Waals surface area contributed by atoms with Gasteiger partial charge in [-0.05, 0) is 25.1 Å². The standard InChI is InChI=1S/C23H18N6O5/c1-14(20-10-15-6-2-5-9-19(15)34-20)26-21(30)12-27-13-24-22-16(23(27)31)11-25-28(22)17-7-3-4-8-18(17)29(32)33/h2-11,13-14H,12H2,1H3,(H,26,30). The molecule has 0 aliphatic rings. The van der Waals surface area contributed by atoms with Crippen molar-refractivity contribution in [2.75, 3.05) is 0 Å². The van der Waals surface area contributed by atoms with Crippen molar-refractivity contribution in [3.05, 3.63) is 93.3 Å². The van der Waals surface area contributed by atoms with E-state index in [9.17, 15) is 19.7 Å². The Morgan fingerprint density at radius 2 is 1.97 bits per heavy atom. The lowest BCUT2D eigenvalue weighted by atomic mass is 10.2. The van der Waals surface area contributed by atoms with Gasteiger partial charge in [0, 0.05) is 11.5 Å². The van der Waals surface area contributed by atoms with Crippen molar-refractivity contribution in [3.8, 4) is 5.69 Å². The molecule has 0 aliphatic carbocycles. The van der Waals surface area contributed by atoms with Crippen molar-refractivity contribution in [1.82, 2.24) is 24.6 Å². The Kier molecular flexibility index (Phi) is 5.13. The Bertz CT molecular complexity index is 1580. The molecule has 1 unspecified atom stereocenters. The summed E-state index contributed by atoms with van der Waals surface area (Å²) in [5.74, 6) is 0.198. The SMILES string of the molecule is CC(NC(=O)Cn1cnc2c(cnn2-c2ccccc2[N+](=O)[O-])c1=O)c1cc2ccccc2o1. The van der Waals surface area contributed by atoms with Gasteiger partial charge in [0.15, 0.2) is 5.65 Å². The van der Waals surface area contributed by atoms with Crippen molar-refractivity contribution >= 4 is 33.6 Å². The number of furan rings is 1. The van der Waals surface area contributed by atoms with Crippen LogP contribution >= 0.6 is 0 Å². The molecular weight excluding hydrogens is 440 g/mol. The van der Waals surface area contributed by atoms with Crippen molar-refractivity contribution in [2.24, 2.45) is 0 Å². The van der Waals surface area contributed by atoms with E-state index in [1.807, 2.05) is 30.3 Å². The Morgan fingerprint density at radius 1 is 1.21 bits per heavy atom. The van der Waals surface area contributed by atoms with Gasteiger partial charge in [-0.15, -0.1) is 0 Å². The van der Waals surface area contributed by atoms with Gasteiger partial charge in [-0.3, -0.25) is 24.3 Å². The van der Waals surface area contributed by atoms with Crippen molar-refractivity contribution in [2.45, 2.75) is 19.5 Å². The minimum absolute atomic E-state index is 0.138. The number of nitro benzene ring substituents is 1. The van der Waals surface area contributed by atoms with Crippen LogP contribution in [0.15, 0.2) is 76.3 Å². The number of hydrogen-bond donors (Lipinski definition) is 1. The van der Waals surface area contributed by atoms with Crippen LogP contribution in [0.25, 0.3) is 27.7 Å². The predicted molar refractivity (Wildman–Crippen MR) is 123 cm³/mol. The van der Waals surface area contributed by atoms with Crippen molar-refractivity contribution in [1.29, 1.82) is 0 Å². The summed E-state index contributed by atoms with van der Waals surface area (Å²) in [7, 11) is 0. The van der Waals surface area contributed by atoms with Crippen LogP contribution in [0.1, 0.15) is 18.7 Å². The molecule has 3 aromatic heterocycles. The molecule has 0 radical (unpaired) electrons. The largest absolute Gasteiger partial charge is 0.459 e. The van der Waals surface area contributed by atoms with E-state index in [2.05, 4.69) is 15.4 Å². The maximum atomic E-state index is 12.9. The Morgan fingerprint density at radius 3 is 2.76 bits per heavy atom. The van der Waals surface area contributed by atoms with E-state index in [-0.39, 0.29) is 29.0 Å². The quantitative estimate of drug-likeness (QED) is 0.305. The number of rotatable bonds is 6. The molecule has 1 N–H and O–H groups in total. The minimum Gasteiger partial charge on any atom is -0.459 e. The highest BCUT2D eigenvalue weighted by Gasteiger charge is 2.20. The van der Waals surface area contributed by atoms with Crippen molar-refractivity contribution in [3.63, 3.8) is 0 Å². The second-order valence-electron chi connectivity index (χ2n) is 7.69. The lowest BCUT2D eigenvalue weighted by Crippen LogP contribution is -2.33. The summed E-state index contributed by atoms with van der Waals surface area (Å²) in [6.07, 6.45) is 2.51. The maximum Gasteiger partial charge on any atom is 0.294 e. The summed E-state index contributed by atoms with van der Waals surface area (Å²) in [6, 6.07) is 15.0. The Hall–Kier alpha value is -4.80. The second-order valence-corrected chi connectivity index (χ2v) is 7.69. The molecule has 170 valence electrons. The van der Waals surface area contributed by atoms with Crippen LogP contribution in [0.3, 0.4) is 0 Å². The van der Waals surface area contributed by atoms with Gasteiger partial charge in [0.1, 0.15) is 35.3 Å². The molecule has 3 heterocycles. The third-order valence-electron chi connectivity index (χ3n) is 5.42. The first-order chi connectivity index (χ1) is 16.4. The first kappa shape index (κ1) is 21.1. The van der Waals surface area contributed by atoms with E-state index >= 15 is 0 Å². The fourth-order valence-corrected chi connectivity index (χ4v) is 3.76. The predicted octanol–water partition coefficient (Wildman–Crippen LogP) is 3.11. The molecule has 34 heavy (non-hydrogen) atoms. The van der Waals surface area contributed by atoms with Gasteiger partial charge >= 0.3 is 0 Å². The lowest BCUT2D eigenvalue weighted by Gasteiger charge is -2.12. The van der Waals surface area contributed by atoms with Crippen LogP contribution in [-0.2, 0) is 11.3 Å². The summed E-state index contributed by atoms with van der Waals surface area (Å²) in [6.45, 7) is 1.53. The molecule has 5 aromatic rings. The number of nitro groups is 1. The maximum absolute atomic E-state index is 12.9. The van der Waals surface area contributed by atoms with Gasteiger partial charge in [-0.1, -0.05) is 30.3 Å². The number of carbonyl (C=O) groups is 1. The van der Waals surface area contributed by atoms with Gasteiger partial charge in [-0.25, -0.2) is 9.67 Å². The molecule has 0 fully saturated rings. The number of hydrogen-bond acceptors (Lipinski definition) is 7. The number of benzene rings is 2. The van der Waals surface area contributed by atoms with Gasteiger partial charge in [0.05, 0.1) is 17.2 Å². The van der Waals surface area contributed by atoms with Crippen LogP contribution in [0, 0.1) is 10.1 Å². The summed E-state index contributed by atoms with van der Waals surface area (Å²) in [5.41, 5.74) is 0.412. The lowest BCUT2D eigenvalue weighted by molar-refractivity contribution is -0.384. The zero-order valence-corrected chi connectivity index (χ0v) is 17.9. The summed E-state index contributed by atoms with van der Waals surface area (Å²) >= 11 is 0. The number of nitrogens with one attached hydrogen (secondary N) is 1. The highest BCUT2D eigenvalue weighted by molar-refractivity contribution is 5.80. The third kappa shape index (κ3) is 3.68. The zero-order chi connectivity index (χ0) is 23.8. The first-order valence-corrected chi connectivity index (χ1v) is 10.4. The molecule has 0 spiro atoms. The van der Waals surface area contributed by atoms with E-state index in [4.69, 9.17) is 4.42 Å². The fraction of sp³-hybridized carbons (Fsp3) is 0.130. The number of para-hydroxylation sites is 3. The highest BCUT2D eigenvalue weighted by Crippen LogP contribution is 2.25. The molecule has 11 heteroatoms. The number of fused-ring (bicyclic) bond motifs is 2. The van der Waals surface area contributed by atoms with Gasteiger partial charge in [0.2, 0.25) is 5.91 Å². The zero-order valence-electron chi connectivity index (χ0n) is 17.9. The van der Waals surface area contributed by atoms with Gasteiger partial charge in [-0.2, -0.15) is 5.10 Å². The number of amides is 1. The molecule has 0 saturated heterocycles. The highest BCUT2D eigenvalue weighted by atomic mass is 16.6. The fourth-order valence-electron chi connectivity index (χ4n) is 3.76. The van der Waals surface area contributed by atoms with Crippen LogP contribution in [0.2, 0.25) is 0 Å². The van der Waals surface area contributed by atoms with Crippen molar-refractivity contribution < 1.29 is 14.1 Å². The summed E-state index contributed by atoms with van der Waals surface area (Å²) in [4.78, 5) is 40.6. The number of carbonyl (C=O) groups excluding carboxylic acids is 1. The van der Waals surface area contributed by atoms with Crippen LogP contribution in [0.5, 0.6) is 0 Å². The molecule has 0 aliphatic heterocycles. The Labute approximate surface area is 191 Å². The Balaban J connectivity index is 1.38. The number of aromatic nitrogens is 4. The monoisotopic (exact) mass is 458 g/mol. The molecule has 1 atom stereocenters. The van der Waals surface area contributed by atoms with E-state index in [0.29, 0.717) is 5.76 Å². The first-order valence-electron chi connectivity index (χ1n) is 10.4. The molecule has 0 bridgehead atoms. The molecule has 1 amide bonds. The number of nitrogens with zero attached hydrogens (tertiary/aromatic N) is 5. The van der Waals surface area contributed by atoms with Gasteiger partial charge in [0.25, 0.3) is 11.2 Å². The summed E-state index contributed by atoms with van der Waals surface area (Å²) in [5, 5.41) is 19.4. The second kappa shape index (κ2) is 8.28. The topological polar surface area (TPSA) is 138 Å². The van der Waals surface area contributed by atoms with E-state index in [1.54, 1.807) is 19.1 Å². The molecular formula is C23H18N6O5. The molecule has 2 aromatic carbocycles. The van der Waals surface area contributed by atoms with E-state index < -0.39 is 22.4 Å². The van der Waals surface area contributed by atoms with Gasteiger partial charge < -0.3 is 9.73 Å².